The second kappa shape index (κ2) is 12.5. The summed E-state index contributed by atoms with van der Waals surface area (Å²) in [5, 5.41) is 3.17. The molecule has 0 fully saturated rings. The maximum Gasteiger partial charge on any atom is 0.389 e. The van der Waals surface area contributed by atoms with Crippen LogP contribution in [0.2, 0.25) is 0 Å². The Bertz CT molecular complexity index is 204. The fourth-order valence-electron chi connectivity index (χ4n) is 2.50. The topological polar surface area (TPSA) is 12.0 Å². The first-order valence-corrected chi connectivity index (χ1v) is 8.29. The van der Waals surface area contributed by atoms with Gasteiger partial charge in [0, 0.05) is 12.5 Å². The molecule has 0 heterocycles. The Hall–Kier alpha value is -0.250. The first-order valence-electron chi connectivity index (χ1n) is 8.29. The van der Waals surface area contributed by atoms with E-state index in [1.165, 1.54) is 38.5 Å². The van der Waals surface area contributed by atoms with Gasteiger partial charge in [0.2, 0.25) is 0 Å². The van der Waals surface area contributed by atoms with E-state index >= 15 is 0 Å². The molecule has 0 spiro atoms. The molecule has 0 aromatic rings. The fraction of sp³-hybridized carbons (Fsp3) is 1.00. The highest BCUT2D eigenvalue weighted by atomic mass is 19.4. The van der Waals surface area contributed by atoms with Gasteiger partial charge in [0.25, 0.3) is 0 Å². The van der Waals surface area contributed by atoms with Gasteiger partial charge < -0.3 is 5.32 Å². The highest BCUT2D eigenvalue weighted by Crippen LogP contribution is 2.23. The number of unbranched alkanes of at least 4 members (excludes halogenated alkanes) is 7. The average molecular weight is 295 g/mol. The van der Waals surface area contributed by atoms with E-state index in [-0.39, 0.29) is 12.5 Å². The summed E-state index contributed by atoms with van der Waals surface area (Å²) in [5.41, 5.74) is 0. The van der Waals surface area contributed by atoms with Crippen LogP contribution >= 0.6 is 0 Å². The van der Waals surface area contributed by atoms with Crippen LogP contribution in [0.4, 0.5) is 13.2 Å². The molecule has 1 nitrogen and oxygen atoms in total. The van der Waals surface area contributed by atoms with Crippen molar-refractivity contribution >= 4 is 0 Å². The van der Waals surface area contributed by atoms with Crippen LogP contribution in [0, 0.1) is 0 Å². The van der Waals surface area contributed by atoms with E-state index in [1.54, 1.807) is 0 Å². The van der Waals surface area contributed by atoms with Gasteiger partial charge >= 0.3 is 6.18 Å². The molecular weight excluding hydrogens is 263 g/mol. The molecule has 122 valence electrons. The lowest BCUT2D eigenvalue weighted by molar-refractivity contribution is -0.136. The van der Waals surface area contributed by atoms with E-state index < -0.39 is 12.6 Å². The SMILES string of the molecule is CCCCCCCCCCC(CCC(F)(F)F)NCC. The summed E-state index contributed by atoms with van der Waals surface area (Å²) in [6, 6.07) is 0.0294. The molecule has 0 aliphatic rings. The highest BCUT2D eigenvalue weighted by Gasteiger charge is 2.27. The number of halogens is 3. The summed E-state index contributed by atoms with van der Waals surface area (Å²) in [6.07, 6.45) is 6.31. The van der Waals surface area contributed by atoms with Crippen LogP contribution in [0.5, 0.6) is 0 Å². The normalized spacial score (nSPS) is 13.7. The van der Waals surface area contributed by atoms with Crippen LogP contribution in [0.1, 0.15) is 84.5 Å². The molecule has 1 unspecified atom stereocenters. The van der Waals surface area contributed by atoms with E-state index in [4.69, 9.17) is 0 Å². The Morgan fingerprint density at radius 2 is 1.35 bits per heavy atom. The maximum absolute atomic E-state index is 12.2. The fourth-order valence-corrected chi connectivity index (χ4v) is 2.50. The Balaban J connectivity index is 3.55. The van der Waals surface area contributed by atoms with E-state index in [0.717, 1.165) is 25.8 Å². The van der Waals surface area contributed by atoms with Gasteiger partial charge in [0.15, 0.2) is 0 Å². The Labute approximate surface area is 122 Å². The number of hydrogen-bond donors (Lipinski definition) is 1. The smallest absolute Gasteiger partial charge is 0.314 e. The molecule has 20 heavy (non-hydrogen) atoms. The zero-order valence-electron chi connectivity index (χ0n) is 13.2. The Morgan fingerprint density at radius 1 is 0.800 bits per heavy atom. The predicted molar refractivity (Wildman–Crippen MR) is 80.0 cm³/mol. The van der Waals surface area contributed by atoms with Crippen molar-refractivity contribution in [2.24, 2.45) is 0 Å². The van der Waals surface area contributed by atoms with Crippen LogP contribution in [-0.4, -0.2) is 18.8 Å². The van der Waals surface area contributed by atoms with Gasteiger partial charge in [-0.2, -0.15) is 13.2 Å². The summed E-state index contributed by atoms with van der Waals surface area (Å²) in [7, 11) is 0. The van der Waals surface area contributed by atoms with Crippen molar-refractivity contribution in [3.05, 3.63) is 0 Å². The first-order chi connectivity index (χ1) is 9.49. The van der Waals surface area contributed by atoms with Crippen molar-refractivity contribution in [2.45, 2.75) is 96.7 Å². The lowest BCUT2D eigenvalue weighted by atomic mass is 10.0. The van der Waals surface area contributed by atoms with Crippen molar-refractivity contribution < 1.29 is 13.2 Å². The molecule has 0 aliphatic heterocycles. The largest absolute Gasteiger partial charge is 0.389 e. The van der Waals surface area contributed by atoms with Gasteiger partial charge in [-0.05, 0) is 19.4 Å². The van der Waals surface area contributed by atoms with Gasteiger partial charge in [-0.3, -0.25) is 0 Å². The van der Waals surface area contributed by atoms with Crippen LogP contribution in [0.25, 0.3) is 0 Å². The molecule has 0 saturated heterocycles. The molecule has 0 saturated carbocycles. The summed E-state index contributed by atoms with van der Waals surface area (Å²) in [4.78, 5) is 0. The molecular formula is C16H32F3N. The number of alkyl halides is 3. The van der Waals surface area contributed by atoms with Gasteiger partial charge in [-0.1, -0.05) is 65.2 Å². The summed E-state index contributed by atoms with van der Waals surface area (Å²) >= 11 is 0. The molecule has 0 rings (SSSR count). The van der Waals surface area contributed by atoms with Gasteiger partial charge in [0.1, 0.15) is 0 Å². The minimum atomic E-state index is -4.02. The van der Waals surface area contributed by atoms with E-state index in [0.29, 0.717) is 0 Å². The van der Waals surface area contributed by atoms with Gasteiger partial charge in [-0.15, -0.1) is 0 Å². The van der Waals surface area contributed by atoms with Crippen molar-refractivity contribution in [3.8, 4) is 0 Å². The third kappa shape index (κ3) is 14.2. The van der Waals surface area contributed by atoms with Crippen LogP contribution in [0.15, 0.2) is 0 Å². The molecule has 1 atom stereocenters. The van der Waals surface area contributed by atoms with E-state index in [2.05, 4.69) is 12.2 Å². The Kier molecular flexibility index (Phi) is 12.3. The highest BCUT2D eigenvalue weighted by molar-refractivity contribution is 4.68. The second-order valence-corrected chi connectivity index (χ2v) is 5.67. The van der Waals surface area contributed by atoms with Gasteiger partial charge in [-0.25, -0.2) is 0 Å². The summed E-state index contributed by atoms with van der Waals surface area (Å²) < 4.78 is 36.7. The zero-order chi connectivity index (χ0) is 15.3. The summed E-state index contributed by atoms with van der Waals surface area (Å²) in [5.74, 6) is 0. The predicted octanol–water partition coefficient (Wildman–Crippen LogP) is 5.84. The minimum Gasteiger partial charge on any atom is -0.314 e. The van der Waals surface area contributed by atoms with Crippen LogP contribution < -0.4 is 5.32 Å². The molecule has 0 aliphatic carbocycles. The molecule has 0 radical (unpaired) electrons. The molecule has 0 aromatic heterocycles. The number of hydrogen-bond acceptors (Lipinski definition) is 1. The molecule has 4 heteroatoms. The third-order valence-electron chi connectivity index (χ3n) is 3.68. The number of rotatable bonds is 13. The average Bonchev–Trinajstić information content (AvgIpc) is 2.38. The summed E-state index contributed by atoms with van der Waals surface area (Å²) in [6.45, 7) is 4.91. The zero-order valence-corrected chi connectivity index (χ0v) is 13.2. The lowest BCUT2D eigenvalue weighted by Crippen LogP contribution is -2.30. The quantitative estimate of drug-likeness (QED) is 0.421. The molecule has 0 aromatic carbocycles. The maximum atomic E-state index is 12.2. The number of nitrogens with one attached hydrogen (secondary N) is 1. The first kappa shape index (κ1) is 19.8. The van der Waals surface area contributed by atoms with E-state index in [9.17, 15) is 13.2 Å². The van der Waals surface area contributed by atoms with Crippen LogP contribution in [0.3, 0.4) is 0 Å². The van der Waals surface area contributed by atoms with Crippen molar-refractivity contribution in [1.29, 1.82) is 0 Å². The van der Waals surface area contributed by atoms with E-state index in [1.807, 2.05) is 6.92 Å². The molecule has 1 N–H and O–H groups in total. The molecule has 0 bridgehead atoms. The van der Waals surface area contributed by atoms with Crippen molar-refractivity contribution in [1.82, 2.24) is 5.32 Å². The van der Waals surface area contributed by atoms with Crippen molar-refractivity contribution in [3.63, 3.8) is 0 Å². The minimum absolute atomic E-state index is 0.0294. The second-order valence-electron chi connectivity index (χ2n) is 5.67. The van der Waals surface area contributed by atoms with Crippen LogP contribution in [-0.2, 0) is 0 Å². The van der Waals surface area contributed by atoms with Gasteiger partial charge in [0.05, 0.1) is 0 Å². The third-order valence-corrected chi connectivity index (χ3v) is 3.68. The monoisotopic (exact) mass is 295 g/mol. The standard InChI is InChI=1S/C16H32F3N/c1-3-5-6-7-8-9-10-11-12-15(20-4-2)13-14-16(17,18)19/h15,20H,3-14H2,1-2H3. The van der Waals surface area contributed by atoms with Crippen molar-refractivity contribution in [2.75, 3.05) is 6.54 Å². The lowest BCUT2D eigenvalue weighted by Gasteiger charge is -2.18. The molecule has 0 amide bonds. The Morgan fingerprint density at radius 3 is 1.85 bits per heavy atom.